The summed E-state index contributed by atoms with van der Waals surface area (Å²) in [6, 6.07) is 4.98. The second-order valence-corrected chi connectivity index (χ2v) is 5.13. The van der Waals surface area contributed by atoms with Crippen LogP contribution in [0.15, 0.2) is 22.7 Å². The Bertz CT molecular complexity index is 655. The molecule has 0 aliphatic heterocycles. The molecule has 0 fully saturated rings. The van der Waals surface area contributed by atoms with Crippen LogP contribution in [-0.4, -0.2) is 28.0 Å². The van der Waals surface area contributed by atoms with Crippen LogP contribution < -0.4 is 4.74 Å². The molecule has 0 bridgehead atoms. The molecule has 0 amide bonds. The van der Waals surface area contributed by atoms with Gasteiger partial charge in [0.05, 0.1) is 17.8 Å². The van der Waals surface area contributed by atoms with E-state index < -0.39 is 5.97 Å². The highest BCUT2D eigenvalue weighted by Crippen LogP contribution is 2.38. The molecule has 1 heterocycles. The predicted octanol–water partition coefficient (Wildman–Crippen LogP) is 3.21. The molecule has 0 aliphatic rings. The van der Waals surface area contributed by atoms with E-state index in [0.717, 1.165) is 4.47 Å². The maximum absolute atomic E-state index is 10.9. The van der Waals surface area contributed by atoms with Crippen molar-refractivity contribution < 1.29 is 14.6 Å². The molecule has 0 saturated carbocycles. The van der Waals surface area contributed by atoms with Gasteiger partial charge in [0.1, 0.15) is 5.75 Å². The molecule has 1 aromatic heterocycles. The van der Waals surface area contributed by atoms with Crippen molar-refractivity contribution in [3.63, 3.8) is 0 Å². The van der Waals surface area contributed by atoms with Crippen LogP contribution in [-0.2, 0) is 7.05 Å². The fourth-order valence-electron chi connectivity index (χ4n) is 1.78. The van der Waals surface area contributed by atoms with Crippen molar-refractivity contribution in [2.24, 2.45) is 7.05 Å². The summed E-state index contributed by atoms with van der Waals surface area (Å²) in [5, 5.41) is 13.3. The molecule has 1 aromatic carbocycles. The highest BCUT2D eigenvalue weighted by atomic mass is 79.9. The van der Waals surface area contributed by atoms with Crippen molar-refractivity contribution in [1.29, 1.82) is 0 Å². The van der Waals surface area contributed by atoms with Crippen molar-refractivity contribution >= 4 is 33.5 Å². The second kappa shape index (κ2) is 5.22. The molecular weight excluding hydrogens is 336 g/mol. The number of carboxylic acid groups (broad SMARTS) is 1. The van der Waals surface area contributed by atoms with Crippen molar-refractivity contribution in [1.82, 2.24) is 9.78 Å². The van der Waals surface area contributed by atoms with Crippen LogP contribution in [0.2, 0.25) is 5.02 Å². The first kappa shape index (κ1) is 13.9. The summed E-state index contributed by atoms with van der Waals surface area (Å²) in [4.78, 5) is 10.9. The van der Waals surface area contributed by atoms with Crippen molar-refractivity contribution in [3.8, 4) is 17.0 Å². The minimum Gasteiger partial charge on any atom is -0.494 e. The standard InChI is InChI=1S/C12H10BrClN2O3/c1-16-10(5-9(15-16)12(17)18)7-3-6(13)4-8(14)11(7)19-2/h3-5H,1-2H3,(H,17,18). The van der Waals surface area contributed by atoms with Gasteiger partial charge in [0.25, 0.3) is 0 Å². The topological polar surface area (TPSA) is 64.3 Å². The Morgan fingerprint density at radius 2 is 2.16 bits per heavy atom. The van der Waals surface area contributed by atoms with Gasteiger partial charge in [0.2, 0.25) is 0 Å². The Balaban J connectivity index is 2.67. The lowest BCUT2D eigenvalue weighted by molar-refractivity contribution is 0.0689. The molecule has 2 aromatic rings. The molecule has 0 spiro atoms. The zero-order chi connectivity index (χ0) is 14.2. The number of aromatic nitrogens is 2. The number of rotatable bonds is 3. The molecule has 0 atom stereocenters. The highest BCUT2D eigenvalue weighted by Gasteiger charge is 2.18. The number of ether oxygens (including phenoxy) is 1. The average Bonchev–Trinajstić information content (AvgIpc) is 2.70. The SMILES string of the molecule is COc1c(Cl)cc(Br)cc1-c1cc(C(=O)O)nn1C. The Morgan fingerprint density at radius 3 is 2.68 bits per heavy atom. The molecule has 0 saturated heterocycles. The fourth-order valence-corrected chi connectivity index (χ4v) is 2.67. The molecule has 5 nitrogen and oxygen atoms in total. The summed E-state index contributed by atoms with van der Waals surface area (Å²) in [5.41, 5.74) is 1.25. The smallest absolute Gasteiger partial charge is 0.356 e. The largest absolute Gasteiger partial charge is 0.494 e. The third kappa shape index (κ3) is 2.59. The van der Waals surface area contributed by atoms with Crippen LogP contribution in [0.3, 0.4) is 0 Å². The van der Waals surface area contributed by atoms with Gasteiger partial charge in [0, 0.05) is 17.1 Å². The van der Waals surface area contributed by atoms with E-state index in [1.165, 1.54) is 17.9 Å². The van der Waals surface area contributed by atoms with Crippen LogP contribution >= 0.6 is 27.5 Å². The Hall–Kier alpha value is -1.53. The molecule has 7 heteroatoms. The average molecular weight is 346 g/mol. The van der Waals surface area contributed by atoms with Gasteiger partial charge < -0.3 is 9.84 Å². The molecule has 0 radical (unpaired) electrons. The highest BCUT2D eigenvalue weighted by molar-refractivity contribution is 9.10. The maximum atomic E-state index is 10.9. The summed E-state index contributed by atoms with van der Waals surface area (Å²) < 4.78 is 7.51. The lowest BCUT2D eigenvalue weighted by Crippen LogP contribution is -1.99. The lowest BCUT2D eigenvalue weighted by Gasteiger charge is -2.11. The van der Waals surface area contributed by atoms with E-state index >= 15 is 0 Å². The van der Waals surface area contributed by atoms with E-state index in [2.05, 4.69) is 21.0 Å². The van der Waals surface area contributed by atoms with Crippen LogP contribution in [0.1, 0.15) is 10.5 Å². The van der Waals surface area contributed by atoms with Crippen LogP contribution in [0, 0.1) is 0 Å². The van der Waals surface area contributed by atoms with Gasteiger partial charge >= 0.3 is 5.97 Å². The van der Waals surface area contributed by atoms with E-state index in [-0.39, 0.29) is 5.69 Å². The van der Waals surface area contributed by atoms with E-state index in [0.29, 0.717) is 22.0 Å². The van der Waals surface area contributed by atoms with E-state index in [1.807, 2.05) is 0 Å². The summed E-state index contributed by atoms with van der Waals surface area (Å²) in [6.45, 7) is 0. The Labute approximate surface area is 122 Å². The van der Waals surface area contributed by atoms with E-state index in [9.17, 15) is 4.79 Å². The second-order valence-electron chi connectivity index (χ2n) is 3.81. The third-order valence-corrected chi connectivity index (χ3v) is 3.33. The normalized spacial score (nSPS) is 10.5. The predicted molar refractivity (Wildman–Crippen MR) is 74.9 cm³/mol. The summed E-state index contributed by atoms with van der Waals surface area (Å²) in [7, 11) is 3.17. The maximum Gasteiger partial charge on any atom is 0.356 e. The van der Waals surface area contributed by atoms with Crippen LogP contribution in [0.5, 0.6) is 5.75 Å². The number of benzene rings is 1. The molecular formula is C12H10BrClN2O3. The fraction of sp³-hybridized carbons (Fsp3) is 0.167. The molecule has 0 aliphatic carbocycles. The number of nitrogens with zero attached hydrogens (tertiary/aromatic N) is 2. The van der Waals surface area contributed by atoms with Crippen molar-refractivity contribution in [2.45, 2.75) is 0 Å². The Morgan fingerprint density at radius 1 is 1.47 bits per heavy atom. The zero-order valence-electron chi connectivity index (χ0n) is 10.1. The zero-order valence-corrected chi connectivity index (χ0v) is 12.5. The Kier molecular flexibility index (Phi) is 3.82. The van der Waals surface area contributed by atoms with Crippen LogP contribution in [0.4, 0.5) is 0 Å². The molecule has 19 heavy (non-hydrogen) atoms. The quantitative estimate of drug-likeness (QED) is 0.928. The number of carbonyl (C=O) groups is 1. The first-order valence-electron chi connectivity index (χ1n) is 5.24. The number of carboxylic acids is 1. The van der Waals surface area contributed by atoms with E-state index in [4.69, 9.17) is 21.4 Å². The molecule has 0 unspecified atom stereocenters. The number of hydrogen-bond acceptors (Lipinski definition) is 3. The molecule has 2 rings (SSSR count). The number of hydrogen-bond donors (Lipinski definition) is 1. The minimum atomic E-state index is -1.08. The van der Waals surface area contributed by atoms with Crippen molar-refractivity contribution in [3.05, 3.63) is 33.4 Å². The minimum absolute atomic E-state index is 0.0318. The van der Waals surface area contributed by atoms with Gasteiger partial charge in [-0.25, -0.2) is 4.79 Å². The van der Waals surface area contributed by atoms with Gasteiger partial charge in [-0.05, 0) is 18.2 Å². The first-order chi connectivity index (χ1) is 8.93. The molecule has 100 valence electrons. The number of methoxy groups -OCH3 is 1. The summed E-state index contributed by atoms with van der Waals surface area (Å²) >= 11 is 9.45. The number of halogens is 2. The van der Waals surface area contributed by atoms with Gasteiger partial charge in [-0.2, -0.15) is 5.10 Å². The van der Waals surface area contributed by atoms with E-state index in [1.54, 1.807) is 19.2 Å². The molecule has 1 N–H and O–H groups in total. The number of aromatic carboxylic acids is 1. The van der Waals surface area contributed by atoms with Gasteiger partial charge in [-0.3, -0.25) is 4.68 Å². The first-order valence-corrected chi connectivity index (χ1v) is 6.42. The van der Waals surface area contributed by atoms with Crippen molar-refractivity contribution in [2.75, 3.05) is 7.11 Å². The third-order valence-electron chi connectivity index (χ3n) is 2.59. The summed E-state index contributed by atoms with van der Waals surface area (Å²) in [6.07, 6.45) is 0. The monoisotopic (exact) mass is 344 g/mol. The lowest BCUT2D eigenvalue weighted by atomic mass is 10.1. The van der Waals surface area contributed by atoms with Gasteiger partial charge in [-0.15, -0.1) is 0 Å². The summed E-state index contributed by atoms with van der Waals surface area (Å²) in [5.74, 6) is -0.605. The van der Waals surface area contributed by atoms with Gasteiger partial charge in [0.15, 0.2) is 5.69 Å². The van der Waals surface area contributed by atoms with Gasteiger partial charge in [-0.1, -0.05) is 27.5 Å². The number of aryl methyl sites for hydroxylation is 1. The van der Waals surface area contributed by atoms with Crippen LogP contribution in [0.25, 0.3) is 11.3 Å².